The molecule has 2 aromatic carbocycles. The number of nitrogens with two attached hydrogens (primary N) is 1. The van der Waals surface area contributed by atoms with E-state index in [0.717, 1.165) is 0 Å². The van der Waals surface area contributed by atoms with Gasteiger partial charge in [0.05, 0.1) is 6.61 Å². The summed E-state index contributed by atoms with van der Waals surface area (Å²) in [5.74, 6) is 0.690. The maximum Gasteiger partial charge on any atom is 0.251 e. The molecule has 1 atom stereocenters. The Kier molecular flexibility index (Phi) is 10.7. The maximum atomic E-state index is 12.7. The molecule has 0 heterocycles. The van der Waals surface area contributed by atoms with E-state index in [4.69, 9.17) is 15.2 Å². The Labute approximate surface area is 183 Å². The summed E-state index contributed by atoms with van der Waals surface area (Å²) in [5, 5.41) is 5.65. The minimum absolute atomic E-state index is 0. The highest BCUT2D eigenvalue weighted by Crippen LogP contribution is 2.17. The molecule has 2 aromatic rings. The Morgan fingerprint density at radius 3 is 2.07 bits per heavy atom. The molecule has 0 radical (unpaired) electrons. The van der Waals surface area contributed by atoms with Gasteiger partial charge in [0.15, 0.2) is 0 Å². The van der Waals surface area contributed by atoms with Crippen LogP contribution in [0, 0.1) is 5.92 Å². The molecule has 0 aliphatic carbocycles. The lowest BCUT2D eigenvalue weighted by molar-refractivity contribution is -0.118. The standard InChI is InChI=1S/C22H29N3O4.ClH/c1-4-28-18-9-5-16(6-10-18)21(26)25-20(15(2)3)22(27)24-17-7-11-19(12-8-17)29-14-13-23;/h5-12,15,20H,4,13-14,23H2,1-3H3,(H,24,27)(H,25,26);1H. The highest BCUT2D eigenvalue weighted by molar-refractivity contribution is 6.01. The molecule has 7 nitrogen and oxygen atoms in total. The number of benzene rings is 2. The van der Waals surface area contributed by atoms with Crippen LogP contribution in [0.3, 0.4) is 0 Å². The largest absolute Gasteiger partial charge is 0.494 e. The van der Waals surface area contributed by atoms with Gasteiger partial charge >= 0.3 is 0 Å². The number of carbonyl (C=O) groups is 2. The molecule has 30 heavy (non-hydrogen) atoms. The normalized spacial score (nSPS) is 11.2. The Hall–Kier alpha value is -2.77. The van der Waals surface area contributed by atoms with Gasteiger partial charge in [-0.25, -0.2) is 0 Å². The fourth-order valence-corrected chi connectivity index (χ4v) is 2.66. The van der Waals surface area contributed by atoms with Gasteiger partial charge in [-0.05, 0) is 61.4 Å². The number of carbonyl (C=O) groups excluding carboxylic acids is 2. The summed E-state index contributed by atoms with van der Waals surface area (Å²) in [4.78, 5) is 25.3. The molecule has 0 bridgehead atoms. The van der Waals surface area contributed by atoms with Gasteiger partial charge in [0.1, 0.15) is 24.1 Å². The van der Waals surface area contributed by atoms with Crippen LogP contribution in [0.15, 0.2) is 48.5 Å². The van der Waals surface area contributed by atoms with Crippen LogP contribution in [0.2, 0.25) is 0 Å². The number of hydrogen-bond acceptors (Lipinski definition) is 5. The summed E-state index contributed by atoms with van der Waals surface area (Å²) in [6.45, 7) is 7.08. The Bertz CT molecular complexity index is 795. The van der Waals surface area contributed by atoms with E-state index in [1.165, 1.54) is 0 Å². The van der Waals surface area contributed by atoms with E-state index in [1.54, 1.807) is 48.5 Å². The highest BCUT2D eigenvalue weighted by atomic mass is 35.5. The van der Waals surface area contributed by atoms with Crippen molar-refractivity contribution in [2.45, 2.75) is 26.8 Å². The third kappa shape index (κ3) is 7.57. The van der Waals surface area contributed by atoms with Crippen LogP contribution in [0.25, 0.3) is 0 Å². The van der Waals surface area contributed by atoms with E-state index >= 15 is 0 Å². The van der Waals surface area contributed by atoms with Gasteiger partial charge in [0.25, 0.3) is 5.91 Å². The van der Waals surface area contributed by atoms with Crippen molar-refractivity contribution in [2.24, 2.45) is 11.7 Å². The topological polar surface area (TPSA) is 103 Å². The molecule has 0 spiro atoms. The van der Waals surface area contributed by atoms with Crippen LogP contribution in [0.4, 0.5) is 5.69 Å². The smallest absolute Gasteiger partial charge is 0.251 e. The summed E-state index contributed by atoms with van der Waals surface area (Å²) in [6, 6.07) is 13.1. The average Bonchev–Trinajstić information content (AvgIpc) is 2.71. The quantitative estimate of drug-likeness (QED) is 0.531. The summed E-state index contributed by atoms with van der Waals surface area (Å²) >= 11 is 0. The first kappa shape index (κ1) is 25.3. The van der Waals surface area contributed by atoms with Crippen LogP contribution in [-0.2, 0) is 4.79 Å². The molecule has 2 amide bonds. The summed E-state index contributed by atoms with van der Waals surface area (Å²) in [7, 11) is 0. The van der Waals surface area contributed by atoms with Gasteiger partial charge < -0.3 is 25.8 Å². The van der Waals surface area contributed by atoms with Crippen LogP contribution < -0.4 is 25.8 Å². The van der Waals surface area contributed by atoms with Crippen molar-refractivity contribution in [2.75, 3.05) is 25.1 Å². The number of ether oxygens (including phenoxy) is 2. The lowest BCUT2D eigenvalue weighted by atomic mass is 10.0. The van der Waals surface area contributed by atoms with E-state index in [9.17, 15) is 9.59 Å². The van der Waals surface area contributed by atoms with Gasteiger partial charge in [0.2, 0.25) is 5.91 Å². The second-order valence-electron chi connectivity index (χ2n) is 6.80. The first-order valence-electron chi connectivity index (χ1n) is 9.72. The van der Waals surface area contributed by atoms with Gasteiger partial charge in [-0.1, -0.05) is 13.8 Å². The number of nitrogens with one attached hydrogen (secondary N) is 2. The number of amides is 2. The van der Waals surface area contributed by atoms with Crippen molar-refractivity contribution in [1.82, 2.24) is 5.32 Å². The summed E-state index contributed by atoms with van der Waals surface area (Å²) in [5.41, 5.74) is 6.50. The number of rotatable bonds is 10. The van der Waals surface area contributed by atoms with Crippen molar-refractivity contribution in [3.05, 3.63) is 54.1 Å². The highest BCUT2D eigenvalue weighted by Gasteiger charge is 2.24. The fraction of sp³-hybridized carbons (Fsp3) is 0.364. The molecule has 0 fully saturated rings. The van der Waals surface area contributed by atoms with Crippen molar-refractivity contribution in [3.8, 4) is 11.5 Å². The van der Waals surface area contributed by atoms with Gasteiger partial charge in [-0.3, -0.25) is 9.59 Å². The second-order valence-corrected chi connectivity index (χ2v) is 6.80. The third-order valence-electron chi connectivity index (χ3n) is 4.17. The Morgan fingerprint density at radius 2 is 1.53 bits per heavy atom. The zero-order valence-corrected chi connectivity index (χ0v) is 18.3. The molecule has 8 heteroatoms. The monoisotopic (exact) mass is 435 g/mol. The predicted octanol–water partition coefficient (Wildman–Crippen LogP) is 3.24. The minimum atomic E-state index is -0.678. The van der Waals surface area contributed by atoms with Crippen molar-refractivity contribution in [1.29, 1.82) is 0 Å². The summed E-state index contributed by atoms with van der Waals surface area (Å²) < 4.78 is 10.8. The predicted molar refractivity (Wildman–Crippen MR) is 121 cm³/mol. The van der Waals surface area contributed by atoms with Crippen LogP contribution in [0.5, 0.6) is 11.5 Å². The molecule has 0 aromatic heterocycles. The molecule has 0 aliphatic rings. The van der Waals surface area contributed by atoms with Gasteiger partial charge in [-0.2, -0.15) is 0 Å². The molecule has 0 saturated heterocycles. The van der Waals surface area contributed by atoms with Crippen LogP contribution in [-0.4, -0.2) is 37.6 Å². The van der Waals surface area contributed by atoms with Crippen molar-refractivity contribution >= 4 is 29.9 Å². The van der Waals surface area contributed by atoms with Crippen molar-refractivity contribution < 1.29 is 19.1 Å². The third-order valence-corrected chi connectivity index (χ3v) is 4.17. The van der Waals surface area contributed by atoms with Gasteiger partial charge in [0, 0.05) is 17.8 Å². The molecule has 1 unspecified atom stereocenters. The van der Waals surface area contributed by atoms with Crippen LogP contribution >= 0.6 is 12.4 Å². The molecule has 2 rings (SSSR count). The number of anilines is 1. The number of hydrogen-bond donors (Lipinski definition) is 3. The zero-order chi connectivity index (χ0) is 21.2. The molecule has 4 N–H and O–H groups in total. The van der Waals surface area contributed by atoms with E-state index in [2.05, 4.69) is 10.6 Å². The second kappa shape index (κ2) is 12.7. The lowest BCUT2D eigenvalue weighted by Gasteiger charge is -2.22. The lowest BCUT2D eigenvalue weighted by Crippen LogP contribution is -2.47. The maximum absolute atomic E-state index is 12.7. The molecule has 0 saturated carbocycles. The van der Waals surface area contributed by atoms with Gasteiger partial charge in [-0.15, -0.1) is 12.4 Å². The van der Waals surface area contributed by atoms with Crippen molar-refractivity contribution in [3.63, 3.8) is 0 Å². The van der Waals surface area contributed by atoms with E-state index in [1.807, 2.05) is 20.8 Å². The molecule has 164 valence electrons. The summed E-state index contributed by atoms with van der Waals surface area (Å²) in [6.07, 6.45) is 0. The first-order valence-corrected chi connectivity index (χ1v) is 9.72. The molecular formula is C22H30ClN3O4. The van der Waals surface area contributed by atoms with Crippen LogP contribution in [0.1, 0.15) is 31.1 Å². The van der Waals surface area contributed by atoms with E-state index in [0.29, 0.717) is 42.5 Å². The minimum Gasteiger partial charge on any atom is -0.494 e. The van der Waals surface area contributed by atoms with E-state index < -0.39 is 6.04 Å². The average molecular weight is 436 g/mol. The van der Waals surface area contributed by atoms with E-state index in [-0.39, 0.29) is 30.1 Å². The Morgan fingerprint density at radius 1 is 0.967 bits per heavy atom. The first-order chi connectivity index (χ1) is 13.9. The zero-order valence-electron chi connectivity index (χ0n) is 17.5. The molecule has 0 aliphatic heterocycles. The number of halogens is 1. The molecular weight excluding hydrogens is 406 g/mol. The SMILES string of the molecule is CCOc1ccc(C(=O)NC(C(=O)Nc2ccc(OCCN)cc2)C(C)C)cc1.Cl. The Balaban J connectivity index is 0.00000450. The fourth-order valence-electron chi connectivity index (χ4n) is 2.66.